The molecule has 0 unspecified atom stereocenters. The molecule has 0 amide bonds. The number of hydrogen-bond donors (Lipinski definition) is 0. The molecular weight excluding hydrogens is 234 g/mol. The van der Waals surface area contributed by atoms with Crippen LogP contribution in [0.3, 0.4) is 0 Å². The lowest BCUT2D eigenvalue weighted by Crippen LogP contribution is -2.21. The lowest BCUT2D eigenvalue weighted by molar-refractivity contribution is -0.143. The maximum atomic E-state index is 11.8. The highest BCUT2D eigenvalue weighted by Gasteiger charge is 2.52. The third-order valence-corrected chi connectivity index (χ3v) is 4.31. The summed E-state index contributed by atoms with van der Waals surface area (Å²) >= 11 is 1.67. The summed E-state index contributed by atoms with van der Waals surface area (Å²) in [4.78, 5) is 16.2. The minimum atomic E-state index is -0.374. The molecule has 1 aromatic carbocycles. The van der Waals surface area contributed by atoms with E-state index in [0.29, 0.717) is 0 Å². The topological polar surface area (TPSA) is 39.2 Å². The number of nitrogens with zero attached hydrogens (tertiary/aromatic N) is 1. The molecule has 3 rings (SSSR count). The van der Waals surface area contributed by atoms with Gasteiger partial charge in [0.15, 0.2) is 0 Å². The van der Waals surface area contributed by atoms with Gasteiger partial charge in [0.2, 0.25) is 0 Å². The molecule has 1 heterocycles. The van der Waals surface area contributed by atoms with E-state index in [2.05, 4.69) is 11.1 Å². The van der Waals surface area contributed by atoms with Gasteiger partial charge in [-0.3, -0.25) is 4.79 Å². The molecule has 2 aromatic rings. The molecule has 0 N–H and O–H groups in total. The molecule has 0 saturated heterocycles. The van der Waals surface area contributed by atoms with E-state index < -0.39 is 0 Å². The van der Waals surface area contributed by atoms with Crippen LogP contribution in [0.2, 0.25) is 0 Å². The second-order valence-electron chi connectivity index (χ2n) is 4.49. The number of carbonyl (C=O) groups is 1. The fourth-order valence-corrected chi connectivity index (χ4v) is 3.13. The first kappa shape index (κ1) is 10.7. The Bertz CT molecular complexity index is 598. The summed E-state index contributed by atoms with van der Waals surface area (Å²) in [5, 5.41) is 1.06. The zero-order valence-electron chi connectivity index (χ0n) is 9.82. The van der Waals surface area contributed by atoms with Crippen molar-refractivity contribution < 1.29 is 9.53 Å². The van der Waals surface area contributed by atoms with Gasteiger partial charge >= 0.3 is 5.97 Å². The van der Waals surface area contributed by atoms with E-state index in [1.165, 1.54) is 7.11 Å². The van der Waals surface area contributed by atoms with Gasteiger partial charge in [0.1, 0.15) is 0 Å². The van der Waals surface area contributed by atoms with Gasteiger partial charge in [0, 0.05) is 0 Å². The number of ether oxygens (including phenoxy) is 1. The van der Waals surface area contributed by atoms with Crippen LogP contribution in [0.1, 0.15) is 23.4 Å². The molecule has 1 aliphatic carbocycles. The lowest BCUT2D eigenvalue weighted by atomic mass is 9.96. The number of hydrogen-bond acceptors (Lipinski definition) is 4. The standard InChI is InChI=1S/C13H13NO2S/c1-8-14-10-4-3-9(7-11(10)17-8)13(5-6-13)12(15)16-2/h3-4,7H,5-6H2,1-2H3. The zero-order chi connectivity index (χ0) is 12.0. The highest BCUT2D eigenvalue weighted by Crippen LogP contribution is 2.49. The van der Waals surface area contributed by atoms with Crippen LogP contribution < -0.4 is 0 Å². The Morgan fingerprint density at radius 1 is 1.47 bits per heavy atom. The van der Waals surface area contributed by atoms with Crippen LogP contribution >= 0.6 is 11.3 Å². The molecule has 4 heteroatoms. The minimum Gasteiger partial charge on any atom is -0.468 e. The molecule has 0 bridgehead atoms. The van der Waals surface area contributed by atoms with Gasteiger partial charge in [0.25, 0.3) is 0 Å². The van der Waals surface area contributed by atoms with Crippen molar-refractivity contribution in [1.82, 2.24) is 4.98 Å². The van der Waals surface area contributed by atoms with Crippen LogP contribution in [0.25, 0.3) is 10.2 Å². The molecule has 88 valence electrons. The quantitative estimate of drug-likeness (QED) is 0.766. The molecular formula is C13H13NO2S. The van der Waals surface area contributed by atoms with Gasteiger partial charge in [-0.05, 0) is 37.5 Å². The van der Waals surface area contributed by atoms with Crippen molar-refractivity contribution in [2.75, 3.05) is 7.11 Å². The average Bonchev–Trinajstić information content (AvgIpc) is 3.04. The van der Waals surface area contributed by atoms with Crippen LogP contribution in [-0.2, 0) is 14.9 Å². The summed E-state index contributed by atoms with van der Waals surface area (Å²) in [5.74, 6) is -0.113. The third kappa shape index (κ3) is 1.55. The third-order valence-electron chi connectivity index (χ3n) is 3.37. The van der Waals surface area contributed by atoms with Gasteiger partial charge in [0.05, 0.1) is 27.7 Å². The molecule has 0 atom stereocenters. The van der Waals surface area contributed by atoms with Crippen molar-refractivity contribution >= 4 is 27.5 Å². The Labute approximate surface area is 103 Å². The van der Waals surface area contributed by atoms with Gasteiger partial charge in [-0.15, -0.1) is 11.3 Å². The number of methoxy groups -OCH3 is 1. The number of benzene rings is 1. The highest BCUT2D eigenvalue weighted by atomic mass is 32.1. The largest absolute Gasteiger partial charge is 0.468 e. The van der Waals surface area contributed by atoms with E-state index in [-0.39, 0.29) is 11.4 Å². The number of esters is 1. The normalized spacial score (nSPS) is 17.1. The summed E-state index contributed by atoms with van der Waals surface area (Å²) < 4.78 is 6.05. The van der Waals surface area contributed by atoms with Crippen LogP contribution in [0, 0.1) is 6.92 Å². The number of aromatic nitrogens is 1. The Morgan fingerprint density at radius 3 is 2.88 bits per heavy atom. The first-order chi connectivity index (χ1) is 8.15. The highest BCUT2D eigenvalue weighted by molar-refractivity contribution is 7.18. The van der Waals surface area contributed by atoms with Crippen molar-refractivity contribution in [3.63, 3.8) is 0 Å². The van der Waals surface area contributed by atoms with Crippen LogP contribution in [0.5, 0.6) is 0 Å². The number of carbonyl (C=O) groups excluding carboxylic acids is 1. The van der Waals surface area contributed by atoms with Gasteiger partial charge in [-0.1, -0.05) is 6.07 Å². The van der Waals surface area contributed by atoms with E-state index in [4.69, 9.17) is 4.74 Å². The lowest BCUT2D eigenvalue weighted by Gasteiger charge is -2.12. The van der Waals surface area contributed by atoms with E-state index in [9.17, 15) is 4.79 Å². The Kier molecular flexibility index (Phi) is 2.23. The van der Waals surface area contributed by atoms with Crippen LogP contribution in [-0.4, -0.2) is 18.1 Å². The molecule has 0 aliphatic heterocycles. The maximum absolute atomic E-state index is 11.8. The fraction of sp³-hybridized carbons (Fsp3) is 0.385. The van der Waals surface area contributed by atoms with Crippen molar-refractivity contribution in [2.24, 2.45) is 0 Å². The van der Waals surface area contributed by atoms with E-state index in [1.807, 2.05) is 19.1 Å². The molecule has 1 aromatic heterocycles. The van der Waals surface area contributed by atoms with Crippen molar-refractivity contribution in [3.8, 4) is 0 Å². The molecule has 0 radical (unpaired) electrons. The molecule has 17 heavy (non-hydrogen) atoms. The maximum Gasteiger partial charge on any atom is 0.316 e. The first-order valence-corrected chi connectivity index (χ1v) is 6.43. The van der Waals surface area contributed by atoms with Gasteiger partial charge in [-0.2, -0.15) is 0 Å². The van der Waals surface area contributed by atoms with E-state index >= 15 is 0 Å². The molecule has 0 spiro atoms. The van der Waals surface area contributed by atoms with Crippen molar-refractivity contribution in [2.45, 2.75) is 25.2 Å². The summed E-state index contributed by atoms with van der Waals surface area (Å²) in [7, 11) is 1.46. The predicted molar refractivity (Wildman–Crippen MR) is 67.3 cm³/mol. The Balaban J connectivity index is 2.09. The van der Waals surface area contributed by atoms with Crippen molar-refractivity contribution in [1.29, 1.82) is 0 Å². The van der Waals surface area contributed by atoms with E-state index in [1.54, 1.807) is 11.3 Å². The number of aryl methyl sites for hydroxylation is 1. The summed E-state index contributed by atoms with van der Waals surface area (Å²) in [6.45, 7) is 2.00. The Hall–Kier alpha value is -1.42. The summed E-state index contributed by atoms with van der Waals surface area (Å²) in [6.07, 6.45) is 1.78. The second kappa shape index (κ2) is 3.53. The fourth-order valence-electron chi connectivity index (χ4n) is 2.27. The average molecular weight is 247 g/mol. The SMILES string of the molecule is COC(=O)C1(c2ccc3nc(C)sc3c2)CC1. The van der Waals surface area contributed by atoms with E-state index in [0.717, 1.165) is 33.6 Å². The number of fused-ring (bicyclic) bond motifs is 1. The molecule has 3 nitrogen and oxygen atoms in total. The number of rotatable bonds is 2. The van der Waals surface area contributed by atoms with Crippen LogP contribution in [0.4, 0.5) is 0 Å². The van der Waals surface area contributed by atoms with Gasteiger partial charge in [-0.25, -0.2) is 4.98 Å². The predicted octanol–water partition coefficient (Wildman–Crippen LogP) is 2.81. The smallest absolute Gasteiger partial charge is 0.316 e. The molecule has 1 aliphatic rings. The second-order valence-corrected chi connectivity index (χ2v) is 5.72. The summed E-state index contributed by atoms with van der Waals surface area (Å²) in [5.41, 5.74) is 1.71. The first-order valence-electron chi connectivity index (χ1n) is 5.62. The zero-order valence-corrected chi connectivity index (χ0v) is 10.6. The van der Waals surface area contributed by atoms with Crippen molar-refractivity contribution in [3.05, 3.63) is 28.8 Å². The van der Waals surface area contributed by atoms with Gasteiger partial charge < -0.3 is 4.74 Å². The Morgan fingerprint density at radius 2 is 2.24 bits per heavy atom. The molecule has 1 fully saturated rings. The van der Waals surface area contributed by atoms with Crippen LogP contribution in [0.15, 0.2) is 18.2 Å². The monoisotopic (exact) mass is 247 g/mol. The minimum absolute atomic E-state index is 0.113. The molecule has 1 saturated carbocycles. The summed E-state index contributed by atoms with van der Waals surface area (Å²) in [6, 6.07) is 6.09. The number of thiazole rings is 1.